The Labute approximate surface area is 102 Å². The van der Waals surface area contributed by atoms with E-state index in [-0.39, 0.29) is 0 Å². The second-order valence-electron chi connectivity index (χ2n) is 3.53. The van der Waals surface area contributed by atoms with Gasteiger partial charge < -0.3 is 4.57 Å². The van der Waals surface area contributed by atoms with Gasteiger partial charge in [-0.1, -0.05) is 0 Å². The third-order valence-corrected chi connectivity index (χ3v) is 3.47. The SMILES string of the molecule is Cc1c(C#N)c(Br)c(-c2ccncc2)n1C. The van der Waals surface area contributed by atoms with Crippen LogP contribution in [0.2, 0.25) is 0 Å². The van der Waals surface area contributed by atoms with E-state index in [0.717, 1.165) is 21.4 Å². The van der Waals surface area contributed by atoms with E-state index in [4.69, 9.17) is 5.26 Å². The molecule has 0 unspecified atom stereocenters. The van der Waals surface area contributed by atoms with Crippen LogP contribution in [0.4, 0.5) is 0 Å². The summed E-state index contributed by atoms with van der Waals surface area (Å²) in [5.41, 5.74) is 3.71. The number of nitriles is 1. The van der Waals surface area contributed by atoms with E-state index in [1.165, 1.54) is 0 Å². The molecule has 2 aromatic rings. The summed E-state index contributed by atoms with van der Waals surface area (Å²) in [6.07, 6.45) is 3.49. The van der Waals surface area contributed by atoms with Gasteiger partial charge in [0.1, 0.15) is 6.07 Å². The highest BCUT2D eigenvalue weighted by Crippen LogP contribution is 2.34. The second kappa shape index (κ2) is 4.11. The molecule has 0 N–H and O–H groups in total. The second-order valence-corrected chi connectivity index (χ2v) is 4.32. The smallest absolute Gasteiger partial charge is 0.102 e. The third-order valence-electron chi connectivity index (χ3n) is 2.69. The lowest BCUT2D eigenvalue weighted by Gasteiger charge is -2.05. The lowest BCUT2D eigenvalue weighted by molar-refractivity contribution is 0.887. The fourth-order valence-corrected chi connectivity index (χ4v) is 2.59. The Bertz CT molecular complexity index is 564. The van der Waals surface area contributed by atoms with Gasteiger partial charge >= 0.3 is 0 Å². The molecule has 80 valence electrons. The van der Waals surface area contributed by atoms with Crippen LogP contribution < -0.4 is 0 Å². The lowest BCUT2D eigenvalue weighted by atomic mass is 10.2. The number of hydrogen-bond donors (Lipinski definition) is 0. The maximum atomic E-state index is 9.08. The summed E-state index contributed by atoms with van der Waals surface area (Å²) in [5, 5.41) is 9.08. The van der Waals surface area contributed by atoms with Crippen LogP contribution in [-0.2, 0) is 7.05 Å². The van der Waals surface area contributed by atoms with Gasteiger partial charge in [0, 0.05) is 30.7 Å². The van der Waals surface area contributed by atoms with E-state index >= 15 is 0 Å². The number of rotatable bonds is 1. The molecule has 2 aromatic heterocycles. The molecule has 0 saturated heterocycles. The topological polar surface area (TPSA) is 41.6 Å². The zero-order valence-corrected chi connectivity index (χ0v) is 10.6. The Morgan fingerprint density at radius 1 is 1.38 bits per heavy atom. The predicted octanol–water partition coefficient (Wildman–Crippen LogP) is 3.03. The van der Waals surface area contributed by atoms with Crippen LogP contribution in [0.1, 0.15) is 11.3 Å². The van der Waals surface area contributed by atoms with Crippen LogP contribution in [-0.4, -0.2) is 9.55 Å². The van der Waals surface area contributed by atoms with Crippen molar-refractivity contribution in [1.82, 2.24) is 9.55 Å². The number of aromatic nitrogens is 2. The summed E-state index contributed by atoms with van der Waals surface area (Å²) in [5.74, 6) is 0. The fraction of sp³-hybridized carbons (Fsp3) is 0.167. The summed E-state index contributed by atoms with van der Waals surface area (Å²) >= 11 is 3.49. The van der Waals surface area contributed by atoms with Crippen molar-refractivity contribution in [2.75, 3.05) is 0 Å². The minimum atomic E-state index is 0.689. The molecule has 0 aliphatic carbocycles. The van der Waals surface area contributed by atoms with Crippen molar-refractivity contribution in [2.45, 2.75) is 6.92 Å². The quantitative estimate of drug-likeness (QED) is 0.803. The molecule has 2 rings (SSSR count). The van der Waals surface area contributed by atoms with Gasteiger partial charge in [-0.15, -0.1) is 0 Å². The molecule has 4 heteroatoms. The Kier molecular flexibility index (Phi) is 2.80. The molecule has 2 heterocycles. The first-order valence-electron chi connectivity index (χ1n) is 4.82. The van der Waals surface area contributed by atoms with Crippen molar-refractivity contribution in [2.24, 2.45) is 7.05 Å². The van der Waals surface area contributed by atoms with E-state index in [9.17, 15) is 0 Å². The molecular weight excluding hydrogens is 266 g/mol. The van der Waals surface area contributed by atoms with Gasteiger partial charge in [-0.3, -0.25) is 4.98 Å². The molecule has 0 saturated carbocycles. The van der Waals surface area contributed by atoms with E-state index in [2.05, 4.69) is 27.0 Å². The van der Waals surface area contributed by atoms with Gasteiger partial charge in [-0.2, -0.15) is 5.26 Å². The minimum Gasteiger partial charge on any atom is -0.346 e. The summed E-state index contributed by atoms with van der Waals surface area (Å²) < 4.78 is 2.86. The lowest BCUT2D eigenvalue weighted by Crippen LogP contribution is -1.94. The molecule has 0 bridgehead atoms. The average Bonchev–Trinajstić information content (AvgIpc) is 2.51. The first-order valence-corrected chi connectivity index (χ1v) is 5.61. The summed E-state index contributed by atoms with van der Waals surface area (Å²) in [7, 11) is 1.96. The summed E-state index contributed by atoms with van der Waals surface area (Å²) in [6.45, 7) is 1.94. The maximum Gasteiger partial charge on any atom is 0.102 e. The Balaban J connectivity index is 2.73. The number of nitrogens with zero attached hydrogens (tertiary/aromatic N) is 3. The molecule has 16 heavy (non-hydrogen) atoms. The molecule has 0 aromatic carbocycles. The van der Waals surface area contributed by atoms with Crippen molar-refractivity contribution in [3.63, 3.8) is 0 Å². The van der Waals surface area contributed by atoms with Crippen molar-refractivity contribution in [3.8, 4) is 17.3 Å². The highest BCUT2D eigenvalue weighted by atomic mass is 79.9. The zero-order chi connectivity index (χ0) is 11.7. The maximum absolute atomic E-state index is 9.08. The number of hydrogen-bond acceptors (Lipinski definition) is 2. The van der Waals surface area contributed by atoms with Gasteiger partial charge in [-0.25, -0.2) is 0 Å². The highest BCUT2D eigenvalue weighted by Gasteiger charge is 2.17. The van der Waals surface area contributed by atoms with Crippen molar-refractivity contribution >= 4 is 15.9 Å². The van der Waals surface area contributed by atoms with Crippen LogP contribution in [0.25, 0.3) is 11.3 Å². The summed E-state index contributed by atoms with van der Waals surface area (Å²) in [4.78, 5) is 3.99. The van der Waals surface area contributed by atoms with Crippen LogP contribution in [0.3, 0.4) is 0 Å². The predicted molar refractivity (Wildman–Crippen MR) is 65.8 cm³/mol. The van der Waals surface area contributed by atoms with E-state index in [1.54, 1.807) is 12.4 Å². The van der Waals surface area contributed by atoms with Gasteiger partial charge in [0.2, 0.25) is 0 Å². The molecule has 0 radical (unpaired) electrons. The number of pyridine rings is 1. The first kappa shape index (κ1) is 10.9. The molecule has 0 aliphatic rings. The van der Waals surface area contributed by atoms with Gasteiger partial charge in [-0.05, 0) is 35.0 Å². The molecule has 0 fully saturated rings. The van der Waals surface area contributed by atoms with Crippen molar-refractivity contribution < 1.29 is 0 Å². The van der Waals surface area contributed by atoms with Gasteiger partial charge in [0.05, 0.1) is 15.7 Å². The minimum absolute atomic E-state index is 0.689. The van der Waals surface area contributed by atoms with E-state index < -0.39 is 0 Å². The van der Waals surface area contributed by atoms with Crippen molar-refractivity contribution in [1.29, 1.82) is 5.26 Å². The summed E-state index contributed by atoms with van der Waals surface area (Å²) in [6, 6.07) is 6.07. The Hall–Kier alpha value is -1.60. The zero-order valence-electron chi connectivity index (χ0n) is 9.03. The molecule has 0 atom stereocenters. The largest absolute Gasteiger partial charge is 0.346 e. The number of halogens is 1. The van der Waals surface area contributed by atoms with E-state index in [1.807, 2.05) is 30.7 Å². The molecule has 0 aliphatic heterocycles. The molecule has 0 spiro atoms. The van der Waals surface area contributed by atoms with Crippen LogP contribution in [0, 0.1) is 18.3 Å². The van der Waals surface area contributed by atoms with Gasteiger partial charge in [0.25, 0.3) is 0 Å². The standard InChI is InChI=1S/C12H10BrN3/c1-8-10(7-14)11(13)12(16(8)2)9-3-5-15-6-4-9/h3-6H,1-2H3. The third kappa shape index (κ3) is 1.54. The molecular formula is C12H10BrN3. The fourth-order valence-electron chi connectivity index (χ4n) is 1.72. The Morgan fingerprint density at radius 2 is 2.00 bits per heavy atom. The van der Waals surface area contributed by atoms with E-state index in [0.29, 0.717) is 5.56 Å². The van der Waals surface area contributed by atoms with Crippen LogP contribution in [0.5, 0.6) is 0 Å². The first-order chi connectivity index (χ1) is 7.66. The highest BCUT2D eigenvalue weighted by molar-refractivity contribution is 9.10. The van der Waals surface area contributed by atoms with Gasteiger partial charge in [0.15, 0.2) is 0 Å². The van der Waals surface area contributed by atoms with Crippen molar-refractivity contribution in [3.05, 3.63) is 40.3 Å². The Morgan fingerprint density at radius 3 is 2.50 bits per heavy atom. The van der Waals surface area contributed by atoms with Crippen LogP contribution in [0.15, 0.2) is 29.0 Å². The van der Waals surface area contributed by atoms with Crippen LogP contribution >= 0.6 is 15.9 Å². The average molecular weight is 276 g/mol. The molecule has 0 amide bonds. The monoisotopic (exact) mass is 275 g/mol. The molecule has 3 nitrogen and oxygen atoms in total. The normalized spacial score (nSPS) is 10.1.